The predicted octanol–water partition coefficient (Wildman–Crippen LogP) is 3.11. The van der Waals surface area contributed by atoms with Gasteiger partial charge in [-0.15, -0.1) is 24.8 Å². The molecule has 0 radical (unpaired) electrons. The standard InChI is InChI=1S/C18H26N4O.2ClH/c1-13-4-3-5-15-18(13)21-16(20-15)6-7-17(23)22-10-8-14(9-11-22)12-19-2;;/h3-5,14,19H,6-12H2,1-2H3,(H,20,21);2*1H. The van der Waals surface area contributed by atoms with Gasteiger partial charge in [-0.25, -0.2) is 4.98 Å². The fourth-order valence-electron chi connectivity index (χ4n) is 3.40. The van der Waals surface area contributed by atoms with E-state index in [4.69, 9.17) is 0 Å². The Bertz CT molecular complexity index is 681. The highest BCUT2D eigenvalue weighted by Gasteiger charge is 2.22. The van der Waals surface area contributed by atoms with Crippen LogP contribution in [0.1, 0.15) is 30.7 Å². The molecule has 3 rings (SSSR count). The average Bonchev–Trinajstić information content (AvgIpc) is 2.98. The molecule has 0 aliphatic carbocycles. The monoisotopic (exact) mass is 386 g/mol. The summed E-state index contributed by atoms with van der Waals surface area (Å²) in [6.07, 6.45) is 3.44. The molecule has 2 aromatic rings. The van der Waals surface area contributed by atoms with Crippen molar-refractivity contribution in [3.63, 3.8) is 0 Å². The number of fused-ring (bicyclic) bond motifs is 1. The molecule has 0 atom stereocenters. The Hall–Kier alpha value is -1.30. The first-order chi connectivity index (χ1) is 11.2. The molecule has 1 saturated heterocycles. The molecule has 2 heterocycles. The van der Waals surface area contributed by atoms with Gasteiger partial charge in [0.15, 0.2) is 0 Å². The summed E-state index contributed by atoms with van der Waals surface area (Å²) in [4.78, 5) is 22.4. The number of aromatic amines is 1. The molecule has 1 aliphatic rings. The lowest BCUT2D eigenvalue weighted by atomic mass is 9.96. The molecule has 2 N–H and O–H groups in total. The second kappa shape index (κ2) is 10.00. The van der Waals surface area contributed by atoms with E-state index in [0.717, 1.165) is 49.3 Å². The molecule has 5 nitrogen and oxygen atoms in total. The smallest absolute Gasteiger partial charge is 0.223 e. The number of H-pyrrole nitrogens is 1. The average molecular weight is 387 g/mol. The lowest BCUT2D eigenvalue weighted by Gasteiger charge is -2.32. The largest absolute Gasteiger partial charge is 0.343 e. The lowest BCUT2D eigenvalue weighted by Crippen LogP contribution is -2.40. The molecular weight excluding hydrogens is 359 g/mol. The Kier molecular flexibility index (Phi) is 8.69. The Morgan fingerprint density at radius 3 is 2.68 bits per heavy atom. The van der Waals surface area contributed by atoms with Gasteiger partial charge in [-0.1, -0.05) is 12.1 Å². The van der Waals surface area contributed by atoms with Gasteiger partial charge in [0.05, 0.1) is 11.0 Å². The number of hydrogen-bond acceptors (Lipinski definition) is 3. The number of nitrogens with one attached hydrogen (secondary N) is 2. The van der Waals surface area contributed by atoms with Gasteiger partial charge in [0.1, 0.15) is 5.82 Å². The third kappa shape index (κ3) is 5.33. The van der Waals surface area contributed by atoms with Crippen LogP contribution < -0.4 is 5.32 Å². The second-order valence-corrected chi connectivity index (χ2v) is 6.54. The van der Waals surface area contributed by atoms with Crippen molar-refractivity contribution in [2.24, 2.45) is 5.92 Å². The number of nitrogens with zero attached hydrogens (tertiary/aromatic N) is 2. The van der Waals surface area contributed by atoms with Crippen molar-refractivity contribution in [2.45, 2.75) is 32.6 Å². The van der Waals surface area contributed by atoms with Gasteiger partial charge >= 0.3 is 0 Å². The van der Waals surface area contributed by atoms with E-state index in [0.29, 0.717) is 18.8 Å². The van der Waals surface area contributed by atoms with E-state index >= 15 is 0 Å². The number of para-hydroxylation sites is 1. The maximum Gasteiger partial charge on any atom is 0.223 e. The van der Waals surface area contributed by atoms with E-state index in [1.807, 2.05) is 24.1 Å². The summed E-state index contributed by atoms with van der Waals surface area (Å²) in [6.45, 7) is 4.91. The highest BCUT2D eigenvalue weighted by molar-refractivity contribution is 5.85. The first-order valence-corrected chi connectivity index (χ1v) is 8.54. The van der Waals surface area contributed by atoms with E-state index in [9.17, 15) is 4.79 Å². The van der Waals surface area contributed by atoms with Crippen molar-refractivity contribution in [3.8, 4) is 0 Å². The molecular formula is C18H28Cl2N4O. The van der Waals surface area contributed by atoms with Crippen LogP contribution >= 0.6 is 24.8 Å². The number of carbonyl (C=O) groups excluding carboxylic acids is 1. The Morgan fingerprint density at radius 2 is 2.04 bits per heavy atom. The summed E-state index contributed by atoms with van der Waals surface area (Å²) in [7, 11) is 1.99. The van der Waals surface area contributed by atoms with E-state index in [1.54, 1.807) is 0 Å². The minimum atomic E-state index is 0. The quantitative estimate of drug-likeness (QED) is 0.829. The van der Waals surface area contributed by atoms with Gasteiger partial charge in [0.25, 0.3) is 0 Å². The van der Waals surface area contributed by atoms with Crippen molar-refractivity contribution in [1.29, 1.82) is 0 Å². The number of amides is 1. The topological polar surface area (TPSA) is 61.0 Å². The maximum absolute atomic E-state index is 12.4. The van der Waals surface area contributed by atoms with Crippen LogP contribution in [-0.4, -0.2) is 47.5 Å². The van der Waals surface area contributed by atoms with Gasteiger partial charge < -0.3 is 15.2 Å². The molecule has 1 fully saturated rings. The number of aryl methyl sites for hydroxylation is 2. The number of hydrogen-bond donors (Lipinski definition) is 2. The number of rotatable bonds is 5. The Morgan fingerprint density at radius 1 is 1.32 bits per heavy atom. The number of halogens is 2. The van der Waals surface area contributed by atoms with Crippen molar-refractivity contribution in [3.05, 3.63) is 29.6 Å². The fourth-order valence-corrected chi connectivity index (χ4v) is 3.40. The van der Waals surface area contributed by atoms with Crippen LogP contribution in [0.15, 0.2) is 18.2 Å². The highest BCUT2D eigenvalue weighted by Crippen LogP contribution is 2.19. The van der Waals surface area contributed by atoms with Crippen molar-refractivity contribution in [2.75, 3.05) is 26.7 Å². The summed E-state index contributed by atoms with van der Waals surface area (Å²) < 4.78 is 0. The normalized spacial score (nSPS) is 14.9. The van der Waals surface area contributed by atoms with E-state index in [1.165, 1.54) is 5.56 Å². The molecule has 25 heavy (non-hydrogen) atoms. The zero-order chi connectivity index (χ0) is 16.2. The molecule has 0 spiro atoms. The number of aromatic nitrogens is 2. The van der Waals surface area contributed by atoms with E-state index in [2.05, 4.69) is 28.3 Å². The zero-order valence-corrected chi connectivity index (χ0v) is 16.5. The van der Waals surface area contributed by atoms with Crippen LogP contribution in [0.2, 0.25) is 0 Å². The zero-order valence-electron chi connectivity index (χ0n) is 14.9. The number of likely N-dealkylation sites (tertiary alicyclic amines) is 1. The summed E-state index contributed by atoms with van der Waals surface area (Å²) in [6, 6.07) is 6.13. The van der Waals surface area contributed by atoms with Crippen LogP contribution in [0.5, 0.6) is 0 Å². The summed E-state index contributed by atoms with van der Waals surface area (Å²) in [5, 5.41) is 3.23. The highest BCUT2D eigenvalue weighted by atomic mass is 35.5. The van der Waals surface area contributed by atoms with Crippen LogP contribution in [-0.2, 0) is 11.2 Å². The van der Waals surface area contributed by atoms with E-state index < -0.39 is 0 Å². The molecule has 1 aromatic carbocycles. The summed E-state index contributed by atoms with van der Waals surface area (Å²) in [5.74, 6) is 1.88. The molecule has 7 heteroatoms. The number of imidazole rings is 1. The molecule has 0 unspecified atom stereocenters. The minimum Gasteiger partial charge on any atom is -0.343 e. The van der Waals surface area contributed by atoms with Gasteiger partial charge in [-0.05, 0) is 50.9 Å². The first-order valence-electron chi connectivity index (χ1n) is 8.54. The number of carbonyl (C=O) groups is 1. The maximum atomic E-state index is 12.4. The van der Waals surface area contributed by atoms with Crippen molar-refractivity contribution >= 4 is 41.8 Å². The summed E-state index contributed by atoms with van der Waals surface area (Å²) in [5.41, 5.74) is 3.24. The molecule has 0 saturated carbocycles. The molecule has 1 amide bonds. The van der Waals surface area contributed by atoms with Gasteiger partial charge in [-0.3, -0.25) is 4.79 Å². The third-order valence-electron chi connectivity index (χ3n) is 4.80. The van der Waals surface area contributed by atoms with Crippen molar-refractivity contribution in [1.82, 2.24) is 20.2 Å². The van der Waals surface area contributed by atoms with Gasteiger partial charge in [0.2, 0.25) is 5.91 Å². The summed E-state index contributed by atoms with van der Waals surface area (Å²) >= 11 is 0. The van der Waals surface area contributed by atoms with Gasteiger partial charge in [0, 0.05) is 25.9 Å². The Balaban J connectivity index is 0.00000156. The molecule has 1 aliphatic heterocycles. The second-order valence-electron chi connectivity index (χ2n) is 6.54. The first kappa shape index (κ1) is 21.7. The van der Waals surface area contributed by atoms with Crippen molar-refractivity contribution < 1.29 is 4.79 Å². The van der Waals surface area contributed by atoms with Crippen LogP contribution in [0, 0.1) is 12.8 Å². The van der Waals surface area contributed by atoms with Crippen LogP contribution in [0.3, 0.4) is 0 Å². The number of piperidine rings is 1. The Labute approximate surface area is 161 Å². The van der Waals surface area contributed by atoms with Crippen LogP contribution in [0.4, 0.5) is 0 Å². The number of benzene rings is 1. The molecule has 1 aromatic heterocycles. The third-order valence-corrected chi connectivity index (χ3v) is 4.80. The minimum absolute atomic E-state index is 0. The molecule has 0 bridgehead atoms. The predicted molar refractivity (Wildman–Crippen MR) is 107 cm³/mol. The van der Waals surface area contributed by atoms with E-state index in [-0.39, 0.29) is 30.7 Å². The lowest BCUT2D eigenvalue weighted by molar-refractivity contribution is -0.132. The fraction of sp³-hybridized carbons (Fsp3) is 0.556. The molecule has 140 valence electrons. The van der Waals surface area contributed by atoms with Gasteiger partial charge in [-0.2, -0.15) is 0 Å². The van der Waals surface area contributed by atoms with Crippen LogP contribution in [0.25, 0.3) is 11.0 Å². The SMILES string of the molecule is CNCC1CCN(C(=O)CCc2nc3c(C)cccc3[nH]2)CC1.Cl.Cl.